The maximum absolute atomic E-state index is 13.0. The first-order valence-electron chi connectivity index (χ1n) is 6.44. The minimum atomic E-state index is -0.459. The number of benzene rings is 1. The molecule has 106 valence electrons. The Hall–Kier alpha value is -1.46. The summed E-state index contributed by atoms with van der Waals surface area (Å²) in [5.74, 6) is -0.706. The molecule has 0 atom stereocenters. The Kier molecular flexibility index (Phi) is 5.92. The molecule has 1 aromatic rings. The van der Waals surface area contributed by atoms with Crippen molar-refractivity contribution in [3.05, 3.63) is 30.1 Å². The third-order valence-corrected chi connectivity index (χ3v) is 3.28. The Labute approximate surface area is 113 Å². The van der Waals surface area contributed by atoms with E-state index in [9.17, 15) is 9.18 Å². The average molecular weight is 268 g/mol. The zero-order valence-electron chi connectivity index (χ0n) is 11.4. The summed E-state index contributed by atoms with van der Waals surface area (Å²) < 4.78 is 18.6. The fourth-order valence-electron chi connectivity index (χ4n) is 1.78. The monoisotopic (exact) mass is 268 g/mol. The zero-order chi connectivity index (χ0) is 14.3. The van der Waals surface area contributed by atoms with Crippen molar-refractivity contribution < 1.29 is 13.9 Å². The number of halogens is 1. The maximum Gasteiger partial charge on any atom is 0.250 e. The lowest BCUT2D eigenvalue weighted by molar-refractivity contribution is -0.128. The van der Waals surface area contributed by atoms with Gasteiger partial charge in [0.25, 0.3) is 0 Å². The minimum absolute atomic E-state index is 0.0879. The molecule has 4 nitrogen and oxygen atoms in total. The molecular formula is C14H21FN2O2. The van der Waals surface area contributed by atoms with E-state index in [4.69, 9.17) is 10.5 Å². The SMILES string of the molecule is CCC(CC)(CN)OCC(=O)Nc1cccc(F)c1. The first kappa shape index (κ1) is 15.6. The van der Waals surface area contributed by atoms with Crippen LogP contribution < -0.4 is 11.1 Å². The molecule has 0 spiro atoms. The normalized spacial score (nSPS) is 11.4. The molecule has 0 aliphatic carbocycles. The molecular weight excluding hydrogens is 247 g/mol. The van der Waals surface area contributed by atoms with Gasteiger partial charge in [-0.2, -0.15) is 0 Å². The number of nitrogens with one attached hydrogen (secondary N) is 1. The van der Waals surface area contributed by atoms with Gasteiger partial charge < -0.3 is 15.8 Å². The number of hydrogen-bond donors (Lipinski definition) is 2. The molecule has 0 saturated carbocycles. The zero-order valence-corrected chi connectivity index (χ0v) is 11.4. The van der Waals surface area contributed by atoms with Crippen LogP contribution in [0.15, 0.2) is 24.3 Å². The summed E-state index contributed by atoms with van der Waals surface area (Å²) in [7, 11) is 0. The van der Waals surface area contributed by atoms with Crippen molar-refractivity contribution >= 4 is 11.6 Å². The lowest BCUT2D eigenvalue weighted by Crippen LogP contribution is -2.41. The maximum atomic E-state index is 13.0. The van der Waals surface area contributed by atoms with Crippen LogP contribution >= 0.6 is 0 Å². The molecule has 0 aromatic heterocycles. The van der Waals surface area contributed by atoms with Crippen molar-refractivity contribution in [2.45, 2.75) is 32.3 Å². The first-order chi connectivity index (χ1) is 9.05. The van der Waals surface area contributed by atoms with E-state index in [0.29, 0.717) is 12.2 Å². The van der Waals surface area contributed by atoms with Gasteiger partial charge in [0.15, 0.2) is 0 Å². The predicted octanol–water partition coefficient (Wildman–Crippen LogP) is 2.30. The van der Waals surface area contributed by atoms with Gasteiger partial charge in [0.1, 0.15) is 12.4 Å². The van der Waals surface area contributed by atoms with Crippen LogP contribution in [0.2, 0.25) is 0 Å². The van der Waals surface area contributed by atoms with E-state index >= 15 is 0 Å². The molecule has 0 bridgehead atoms. The number of rotatable bonds is 7. The molecule has 0 unspecified atom stereocenters. The second-order valence-electron chi connectivity index (χ2n) is 4.44. The summed E-state index contributed by atoms with van der Waals surface area (Å²) in [5, 5.41) is 2.58. The van der Waals surface area contributed by atoms with Crippen LogP contribution in [-0.4, -0.2) is 24.7 Å². The Morgan fingerprint density at radius 2 is 2.11 bits per heavy atom. The van der Waals surface area contributed by atoms with Gasteiger partial charge in [-0.3, -0.25) is 4.79 Å². The van der Waals surface area contributed by atoms with E-state index in [1.165, 1.54) is 18.2 Å². The van der Waals surface area contributed by atoms with Gasteiger partial charge in [-0.05, 0) is 31.0 Å². The quantitative estimate of drug-likeness (QED) is 0.797. The molecule has 3 N–H and O–H groups in total. The summed E-state index contributed by atoms with van der Waals surface area (Å²) in [6.45, 7) is 4.23. The topological polar surface area (TPSA) is 64.3 Å². The molecule has 19 heavy (non-hydrogen) atoms. The van der Waals surface area contributed by atoms with Gasteiger partial charge in [-0.25, -0.2) is 4.39 Å². The number of carbonyl (C=O) groups is 1. The van der Waals surface area contributed by atoms with Crippen LogP contribution in [0.5, 0.6) is 0 Å². The van der Waals surface area contributed by atoms with Crippen LogP contribution in [0, 0.1) is 5.82 Å². The molecule has 0 fully saturated rings. The molecule has 1 aromatic carbocycles. The van der Waals surface area contributed by atoms with E-state index in [1.807, 2.05) is 13.8 Å². The van der Waals surface area contributed by atoms with Crippen molar-refractivity contribution in [2.75, 3.05) is 18.5 Å². The summed E-state index contributed by atoms with van der Waals surface area (Å²) in [6, 6.07) is 5.73. The summed E-state index contributed by atoms with van der Waals surface area (Å²) in [6.07, 6.45) is 1.49. The van der Waals surface area contributed by atoms with Crippen molar-refractivity contribution in [3.8, 4) is 0 Å². The first-order valence-corrected chi connectivity index (χ1v) is 6.44. The van der Waals surface area contributed by atoms with Crippen LogP contribution in [0.3, 0.4) is 0 Å². The van der Waals surface area contributed by atoms with Crippen molar-refractivity contribution in [3.63, 3.8) is 0 Å². The van der Waals surface area contributed by atoms with E-state index in [1.54, 1.807) is 6.07 Å². The standard InChI is InChI=1S/C14H21FN2O2/c1-3-14(4-2,10-16)19-9-13(18)17-12-7-5-6-11(15)8-12/h5-8H,3-4,9-10,16H2,1-2H3,(H,17,18). The average Bonchev–Trinajstić information content (AvgIpc) is 2.41. The number of hydrogen-bond acceptors (Lipinski definition) is 3. The number of ether oxygens (including phenoxy) is 1. The van der Waals surface area contributed by atoms with Gasteiger partial charge >= 0.3 is 0 Å². The highest BCUT2D eigenvalue weighted by Crippen LogP contribution is 2.19. The van der Waals surface area contributed by atoms with Gasteiger partial charge in [-0.1, -0.05) is 19.9 Å². The second kappa shape index (κ2) is 7.21. The van der Waals surface area contributed by atoms with E-state index in [-0.39, 0.29) is 12.5 Å². The third kappa shape index (κ3) is 4.61. The second-order valence-corrected chi connectivity index (χ2v) is 4.44. The van der Waals surface area contributed by atoms with E-state index in [2.05, 4.69) is 5.32 Å². The molecule has 1 rings (SSSR count). The third-order valence-electron chi connectivity index (χ3n) is 3.28. The van der Waals surface area contributed by atoms with Gasteiger partial charge in [0, 0.05) is 12.2 Å². The van der Waals surface area contributed by atoms with Crippen molar-refractivity contribution in [1.82, 2.24) is 0 Å². The fraction of sp³-hybridized carbons (Fsp3) is 0.500. The Bertz CT molecular complexity index is 411. The lowest BCUT2D eigenvalue weighted by atomic mass is 9.97. The summed E-state index contributed by atoms with van der Waals surface area (Å²) in [5.41, 5.74) is 5.64. The highest BCUT2D eigenvalue weighted by molar-refractivity contribution is 5.91. The fourth-order valence-corrected chi connectivity index (χ4v) is 1.78. The molecule has 5 heteroatoms. The van der Waals surface area contributed by atoms with Crippen LogP contribution in [0.1, 0.15) is 26.7 Å². The number of nitrogens with two attached hydrogens (primary N) is 1. The van der Waals surface area contributed by atoms with Crippen molar-refractivity contribution in [1.29, 1.82) is 0 Å². The van der Waals surface area contributed by atoms with E-state index in [0.717, 1.165) is 12.8 Å². The van der Waals surface area contributed by atoms with Crippen LogP contribution in [0.25, 0.3) is 0 Å². The highest BCUT2D eigenvalue weighted by Gasteiger charge is 2.26. The number of amides is 1. The smallest absolute Gasteiger partial charge is 0.250 e. The van der Waals surface area contributed by atoms with Gasteiger partial charge in [-0.15, -0.1) is 0 Å². The van der Waals surface area contributed by atoms with Crippen molar-refractivity contribution in [2.24, 2.45) is 5.73 Å². The molecule has 0 aliphatic rings. The predicted molar refractivity (Wildman–Crippen MR) is 73.3 cm³/mol. The largest absolute Gasteiger partial charge is 0.364 e. The number of anilines is 1. The Morgan fingerprint density at radius 1 is 1.42 bits per heavy atom. The lowest BCUT2D eigenvalue weighted by Gasteiger charge is -2.30. The molecule has 0 aliphatic heterocycles. The number of carbonyl (C=O) groups excluding carboxylic acids is 1. The molecule has 0 saturated heterocycles. The van der Waals surface area contributed by atoms with Gasteiger partial charge in [0.05, 0.1) is 5.60 Å². The highest BCUT2D eigenvalue weighted by atomic mass is 19.1. The Balaban J connectivity index is 2.52. The Morgan fingerprint density at radius 3 is 2.63 bits per heavy atom. The van der Waals surface area contributed by atoms with Crippen LogP contribution in [-0.2, 0) is 9.53 Å². The van der Waals surface area contributed by atoms with E-state index < -0.39 is 11.4 Å². The molecule has 0 heterocycles. The molecule has 1 amide bonds. The summed E-state index contributed by atoms with van der Waals surface area (Å²) in [4.78, 5) is 11.7. The van der Waals surface area contributed by atoms with Crippen LogP contribution in [0.4, 0.5) is 10.1 Å². The molecule has 0 radical (unpaired) electrons. The summed E-state index contributed by atoms with van der Waals surface area (Å²) >= 11 is 0. The minimum Gasteiger partial charge on any atom is -0.364 e. The van der Waals surface area contributed by atoms with Gasteiger partial charge in [0.2, 0.25) is 5.91 Å².